The normalized spacial score (nSPS) is 21.3. The molecule has 0 aliphatic carbocycles. The number of carbonyl (C=O) groups excluding carboxylic acids is 4. The van der Waals surface area contributed by atoms with Gasteiger partial charge >= 0.3 is 23.9 Å². The van der Waals surface area contributed by atoms with Crippen LogP contribution in [0.4, 0.5) is 0 Å². The minimum atomic E-state index is -0.533. The van der Waals surface area contributed by atoms with Crippen molar-refractivity contribution in [1.82, 2.24) is 0 Å². The highest BCUT2D eigenvalue weighted by Crippen LogP contribution is 2.47. The molecular weight excluding hydrogens is 1210 g/mol. The summed E-state index contributed by atoms with van der Waals surface area (Å²) in [6.45, 7) is 23.8. The van der Waals surface area contributed by atoms with E-state index in [0.717, 1.165) is 102 Å². The first-order valence-corrected chi connectivity index (χ1v) is 34.1. The Morgan fingerprint density at radius 2 is 0.652 bits per heavy atom. The van der Waals surface area contributed by atoms with Crippen LogP contribution in [0, 0.1) is 5.92 Å². The van der Waals surface area contributed by atoms with Crippen molar-refractivity contribution in [3.8, 4) is 0 Å². The van der Waals surface area contributed by atoms with Gasteiger partial charge in [-0.1, -0.05) is 196 Å². The molecule has 0 aromatic heterocycles. The summed E-state index contributed by atoms with van der Waals surface area (Å²) in [7, 11) is 0. The van der Waals surface area contributed by atoms with Crippen LogP contribution in [-0.4, -0.2) is 46.3 Å². The number of hydrogen-bond donors (Lipinski definition) is 0. The summed E-state index contributed by atoms with van der Waals surface area (Å²) in [6, 6.07) is 59.8. The second-order valence-corrected chi connectivity index (χ2v) is 30.1. The van der Waals surface area contributed by atoms with E-state index in [-0.39, 0.29) is 81.1 Å². The summed E-state index contributed by atoms with van der Waals surface area (Å²) < 4.78 is 21.3. The minimum Gasteiger partial charge on any atom is -0.458 e. The zero-order valence-electron chi connectivity index (χ0n) is 55.0. The molecule has 7 aromatic carbocycles. The Hall–Kier alpha value is -6.97. The molecule has 0 spiro atoms. The molecule has 0 N–H and O–H groups in total. The van der Waals surface area contributed by atoms with Crippen LogP contribution in [0.25, 0.3) is 6.08 Å². The molecule has 7 aromatic rings. The number of ether oxygens (including phenoxy) is 4. The van der Waals surface area contributed by atoms with E-state index in [0.29, 0.717) is 5.92 Å². The van der Waals surface area contributed by atoms with E-state index in [9.17, 15) is 19.2 Å². The first-order valence-electron chi connectivity index (χ1n) is 32.8. The summed E-state index contributed by atoms with van der Waals surface area (Å²) in [5.74, 6) is -0.642. The Bertz CT molecular complexity index is 3700. The minimum absolute atomic E-state index is 0.128. The summed E-state index contributed by atoms with van der Waals surface area (Å²) >= 11 is 21.6. The van der Waals surface area contributed by atoms with Gasteiger partial charge in [0.15, 0.2) is 0 Å². The summed E-state index contributed by atoms with van der Waals surface area (Å²) in [6.07, 6.45) is 9.60. The second kappa shape index (κ2) is 28.3. The lowest BCUT2D eigenvalue weighted by Gasteiger charge is -2.42. The largest absolute Gasteiger partial charge is 0.458 e. The van der Waals surface area contributed by atoms with Gasteiger partial charge < -0.3 is 18.9 Å². The lowest BCUT2D eigenvalue weighted by Crippen LogP contribution is -2.51. The fourth-order valence-electron chi connectivity index (χ4n) is 14.1. The molecule has 4 saturated heterocycles. The average molecular weight is 1300 g/mol. The van der Waals surface area contributed by atoms with Crippen LogP contribution in [0.5, 0.6) is 0 Å². The molecule has 0 bridgehead atoms. The van der Waals surface area contributed by atoms with Crippen molar-refractivity contribution >= 4 is 64.8 Å². The maximum absolute atomic E-state index is 12.5. The number of benzene rings is 7. The van der Waals surface area contributed by atoms with E-state index in [4.69, 9.17) is 53.8 Å². The summed E-state index contributed by atoms with van der Waals surface area (Å²) in [5, 5.41) is -0.608. The van der Waals surface area contributed by atoms with Crippen LogP contribution in [-0.2, 0) is 63.8 Å². The van der Waals surface area contributed by atoms with E-state index < -0.39 is 16.8 Å². The van der Waals surface area contributed by atoms with E-state index in [1.807, 2.05) is 140 Å². The molecule has 11 rings (SSSR count). The summed E-state index contributed by atoms with van der Waals surface area (Å²) in [4.78, 5) is 48.4. The molecule has 4 heterocycles. The number of carbonyl (C=O) groups is 4. The molecule has 11 heteroatoms. The van der Waals surface area contributed by atoms with Crippen LogP contribution < -0.4 is 0 Å². The highest BCUT2D eigenvalue weighted by Gasteiger charge is 2.53. The third-order valence-corrected chi connectivity index (χ3v) is 20.7. The maximum atomic E-state index is 12.5. The Morgan fingerprint density at radius 1 is 0.370 bits per heavy atom. The van der Waals surface area contributed by atoms with Crippen molar-refractivity contribution in [2.45, 2.75) is 201 Å². The standard InChI is InChI=1S/C68H75Cl3O6.C13H14O2/c1-42(2)39-46-11-9-43(10-12-46)17-24-55(47-20-13-44(14-21-47)18-37-57(69)49-25-31-52(32-26-49)60-63(72)75-66(60,3)4)40-56(41-59(71)51-29-35-54(36-30-51)62-65(74)77-68(62,7)8)48-22-15-45(16-23-48)19-38-58(70)50-27-33-53(34-28-50)61-64(73)76-67(61,5)6;1-4-9-5-7-10(8-6-9)11-12(14)15-13(11,2)3/h9-16,20-23,25-36,42,55-62H,17-19,24,37-41H2,1-8H3;4-8,11H,1H2,2-3H3. The molecule has 0 saturated carbocycles. The number of rotatable bonds is 25. The predicted octanol–water partition coefficient (Wildman–Crippen LogP) is 20.0. The number of alkyl halides is 3. The van der Waals surface area contributed by atoms with Crippen LogP contribution in [0.1, 0.15) is 231 Å². The molecule has 0 amide bonds. The first kappa shape index (κ1) is 67.9. The Kier molecular flexibility index (Phi) is 20.9. The Labute approximate surface area is 560 Å². The molecule has 4 fully saturated rings. The fraction of sp³-hybridized carbons (Fsp3) is 0.407. The molecule has 9 atom stereocenters. The van der Waals surface area contributed by atoms with E-state index in [1.54, 1.807) is 6.08 Å². The smallest absolute Gasteiger partial charge is 0.318 e. The average Bonchev–Trinajstić information content (AvgIpc) is 0.791. The molecule has 482 valence electrons. The van der Waals surface area contributed by atoms with Gasteiger partial charge in [-0.2, -0.15) is 0 Å². The first-order chi connectivity index (χ1) is 43.7. The molecule has 4 aliphatic rings. The second-order valence-electron chi connectivity index (χ2n) is 28.5. The molecule has 0 radical (unpaired) electrons. The van der Waals surface area contributed by atoms with Crippen molar-refractivity contribution in [1.29, 1.82) is 0 Å². The maximum Gasteiger partial charge on any atom is 0.318 e. The molecular formula is C81H89Cl3O8. The van der Waals surface area contributed by atoms with Crippen molar-refractivity contribution in [3.05, 3.63) is 254 Å². The highest BCUT2D eigenvalue weighted by molar-refractivity contribution is 6.21. The third-order valence-electron chi connectivity index (χ3n) is 19.4. The van der Waals surface area contributed by atoms with E-state index >= 15 is 0 Å². The summed E-state index contributed by atoms with van der Waals surface area (Å²) in [5.41, 5.74) is 13.9. The van der Waals surface area contributed by atoms with Gasteiger partial charge in [-0.05, 0) is 209 Å². The van der Waals surface area contributed by atoms with Crippen LogP contribution in [0.15, 0.2) is 176 Å². The van der Waals surface area contributed by atoms with Gasteiger partial charge in [0, 0.05) is 0 Å². The Balaban J connectivity index is 0.000000539. The molecule has 4 aliphatic heterocycles. The van der Waals surface area contributed by atoms with Crippen LogP contribution >= 0.6 is 34.8 Å². The predicted molar refractivity (Wildman–Crippen MR) is 371 cm³/mol. The topological polar surface area (TPSA) is 105 Å². The number of aryl methyl sites for hydroxylation is 3. The lowest BCUT2D eigenvalue weighted by molar-refractivity contribution is -0.193. The van der Waals surface area contributed by atoms with Gasteiger partial charge in [0.2, 0.25) is 0 Å². The van der Waals surface area contributed by atoms with Gasteiger partial charge in [-0.3, -0.25) is 19.2 Å². The zero-order chi connectivity index (χ0) is 65.9. The fourth-order valence-corrected chi connectivity index (χ4v) is 15.0. The number of halogens is 3. The monoisotopic (exact) mass is 1290 g/mol. The van der Waals surface area contributed by atoms with E-state index in [1.165, 1.54) is 33.4 Å². The highest BCUT2D eigenvalue weighted by atomic mass is 35.5. The number of esters is 4. The van der Waals surface area contributed by atoms with Crippen molar-refractivity contribution in [2.75, 3.05) is 0 Å². The SMILES string of the molecule is C=Cc1ccc(C2C(=O)OC2(C)C)cc1.CC(C)Cc1ccc(CCC(CC(CC(Cl)c2ccc(C3C(=O)OC3(C)C)cc2)c2ccc(CCC(Cl)c3ccc(C4C(=O)OC4(C)C)cc3)cc2)c2ccc(CCC(Cl)c3ccc(C4C(=O)OC4(C)C)cc3)cc2)cc1. The lowest BCUT2D eigenvalue weighted by atomic mass is 9.78. The van der Waals surface area contributed by atoms with Crippen molar-refractivity contribution in [3.63, 3.8) is 0 Å². The third kappa shape index (κ3) is 15.8. The molecule has 9 unspecified atom stereocenters. The van der Waals surface area contributed by atoms with Crippen LogP contribution in [0.2, 0.25) is 0 Å². The Morgan fingerprint density at radius 3 is 0.967 bits per heavy atom. The molecule has 92 heavy (non-hydrogen) atoms. The van der Waals surface area contributed by atoms with Crippen molar-refractivity contribution < 1.29 is 38.1 Å². The van der Waals surface area contributed by atoms with Crippen molar-refractivity contribution in [2.24, 2.45) is 5.92 Å². The zero-order valence-corrected chi connectivity index (χ0v) is 57.3. The van der Waals surface area contributed by atoms with Gasteiger partial charge in [-0.25, -0.2) is 0 Å². The van der Waals surface area contributed by atoms with Gasteiger partial charge in [-0.15, -0.1) is 34.8 Å². The van der Waals surface area contributed by atoms with Crippen LogP contribution in [0.3, 0.4) is 0 Å². The number of cyclic esters (lactones) is 4. The van der Waals surface area contributed by atoms with Gasteiger partial charge in [0.25, 0.3) is 0 Å². The number of hydrogen-bond acceptors (Lipinski definition) is 8. The molecule has 8 nitrogen and oxygen atoms in total. The quantitative estimate of drug-likeness (QED) is 0.0317. The van der Waals surface area contributed by atoms with Gasteiger partial charge in [0.1, 0.15) is 46.1 Å². The van der Waals surface area contributed by atoms with Gasteiger partial charge in [0.05, 0.1) is 16.1 Å². The van der Waals surface area contributed by atoms with E-state index in [2.05, 4.69) is 105 Å².